The van der Waals surface area contributed by atoms with Crippen LogP contribution in [0.1, 0.15) is 48.1 Å². The predicted octanol–water partition coefficient (Wildman–Crippen LogP) is 5.52. The molecule has 0 saturated heterocycles. The summed E-state index contributed by atoms with van der Waals surface area (Å²) in [5.74, 6) is -1.47. The highest BCUT2D eigenvalue weighted by atomic mass is 19.4. The normalized spacial score (nSPS) is 19.0. The van der Waals surface area contributed by atoms with Crippen molar-refractivity contribution in [1.82, 2.24) is 0 Å². The second kappa shape index (κ2) is 7.76. The van der Waals surface area contributed by atoms with Gasteiger partial charge in [-0.2, -0.15) is 26.3 Å². The average molecular weight is 500 g/mol. The van der Waals surface area contributed by atoms with Crippen LogP contribution in [0.25, 0.3) is 11.3 Å². The summed E-state index contributed by atoms with van der Waals surface area (Å²) in [5, 5.41) is 0. The molecular weight excluding hydrogens is 481 g/mol. The summed E-state index contributed by atoms with van der Waals surface area (Å²) in [7, 11) is 0. The molecule has 3 heterocycles. The van der Waals surface area contributed by atoms with Crippen LogP contribution >= 0.6 is 0 Å². The first kappa shape index (κ1) is 24.6. The number of alkyl halides is 6. The maximum Gasteiger partial charge on any atom is 0.477 e. The molecule has 0 bridgehead atoms. The van der Waals surface area contributed by atoms with Crippen LogP contribution in [0.4, 0.5) is 30.9 Å². The first-order valence-corrected chi connectivity index (χ1v) is 10.3. The van der Waals surface area contributed by atoms with Crippen molar-refractivity contribution in [3.63, 3.8) is 0 Å². The fourth-order valence-electron chi connectivity index (χ4n) is 4.86. The van der Waals surface area contributed by atoms with E-state index in [-0.39, 0.29) is 17.3 Å². The lowest BCUT2D eigenvalue weighted by Crippen LogP contribution is -2.83. The van der Waals surface area contributed by atoms with Crippen LogP contribution in [-0.4, -0.2) is 5.97 Å². The summed E-state index contributed by atoms with van der Waals surface area (Å²) < 4.78 is 99.1. The fourth-order valence-corrected chi connectivity index (χ4v) is 4.86. The molecule has 0 saturated carbocycles. The van der Waals surface area contributed by atoms with Crippen molar-refractivity contribution in [3.05, 3.63) is 83.3 Å². The Balaban J connectivity index is 2.26. The fraction of sp³-hybridized carbons (Fsp3) is 0.292. The maximum absolute atomic E-state index is 14.4. The molecule has 1 aliphatic heterocycles. The Morgan fingerprint density at radius 3 is 2.11 bits per heavy atom. The highest BCUT2D eigenvalue weighted by molar-refractivity contribution is 5.85. The van der Waals surface area contributed by atoms with Gasteiger partial charge in [0.05, 0.1) is 18.1 Å². The Kier molecular flexibility index (Phi) is 5.46. The van der Waals surface area contributed by atoms with E-state index in [4.69, 9.17) is 0 Å². The number of rotatable bonds is 2. The molecule has 0 amide bonds. The molecule has 0 radical (unpaired) electrons. The molecule has 0 N–H and O–H groups in total. The lowest BCUT2D eigenvalue weighted by molar-refractivity contribution is -1.00. The van der Waals surface area contributed by atoms with Gasteiger partial charge in [0.15, 0.2) is 6.20 Å². The number of hydrogen-bond donors (Lipinski definition) is 0. The lowest BCUT2D eigenvalue weighted by atomic mass is 9.68. The van der Waals surface area contributed by atoms with Gasteiger partial charge in [0.2, 0.25) is 5.69 Å². The molecule has 0 unspecified atom stereocenters. The minimum absolute atomic E-state index is 0.0441. The SMILES string of the molecule is CC1(C)c2ccccc2-c2cc(C(F)(F)F)cc(C(F)(F)F)[n+]2[C@@]1(C)[n+]1ccccc1C(=O)OF. The second-order valence-corrected chi connectivity index (χ2v) is 8.86. The van der Waals surface area contributed by atoms with Crippen LogP contribution in [0.3, 0.4) is 0 Å². The zero-order valence-corrected chi connectivity index (χ0v) is 18.6. The Morgan fingerprint density at radius 1 is 0.886 bits per heavy atom. The van der Waals surface area contributed by atoms with Crippen molar-refractivity contribution in [2.45, 2.75) is 44.2 Å². The highest BCUT2D eigenvalue weighted by Crippen LogP contribution is 2.47. The van der Waals surface area contributed by atoms with E-state index in [2.05, 4.69) is 4.94 Å². The van der Waals surface area contributed by atoms with Gasteiger partial charge in [-0.1, -0.05) is 18.2 Å². The van der Waals surface area contributed by atoms with E-state index in [1.807, 2.05) is 0 Å². The van der Waals surface area contributed by atoms with Crippen molar-refractivity contribution < 1.29 is 49.7 Å². The lowest BCUT2D eigenvalue weighted by Gasteiger charge is -2.40. The molecule has 4 rings (SSSR count). The third kappa shape index (κ3) is 3.55. The monoisotopic (exact) mass is 500 g/mol. The first-order valence-electron chi connectivity index (χ1n) is 10.3. The topological polar surface area (TPSA) is 34.1 Å². The number of aromatic nitrogens is 2. The molecular formula is C24H19F7N2O2+2. The molecule has 4 nitrogen and oxygen atoms in total. The predicted molar refractivity (Wildman–Crippen MR) is 107 cm³/mol. The summed E-state index contributed by atoms with van der Waals surface area (Å²) in [4.78, 5) is 15.6. The Hall–Kier alpha value is -3.50. The van der Waals surface area contributed by atoms with E-state index < -0.39 is 46.4 Å². The molecule has 0 fully saturated rings. The van der Waals surface area contributed by atoms with E-state index in [9.17, 15) is 35.7 Å². The van der Waals surface area contributed by atoms with Gasteiger partial charge in [-0.15, -0.1) is 9.13 Å². The smallest absolute Gasteiger partial charge is 0.242 e. The van der Waals surface area contributed by atoms with Gasteiger partial charge < -0.3 is 0 Å². The summed E-state index contributed by atoms with van der Waals surface area (Å²) in [5.41, 5.74) is -6.41. The minimum Gasteiger partial charge on any atom is -0.242 e. The van der Waals surface area contributed by atoms with Gasteiger partial charge in [0.25, 0.3) is 11.4 Å². The first-order chi connectivity index (χ1) is 16.2. The molecule has 0 spiro atoms. The van der Waals surface area contributed by atoms with Crippen LogP contribution < -0.4 is 9.13 Å². The van der Waals surface area contributed by atoms with Crippen LogP contribution in [-0.2, 0) is 28.4 Å². The second-order valence-electron chi connectivity index (χ2n) is 8.86. The third-order valence-electron chi connectivity index (χ3n) is 6.79. The van der Waals surface area contributed by atoms with Crippen LogP contribution in [0.5, 0.6) is 0 Å². The highest BCUT2D eigenvalue weighted by Gasteiger charge is 2.68. The zero-order valence-electron chi connectivity index (χ0n) is 18.6. The zero-order chi connectivity index (χ0) is 26.0. The molecule has 35 heavy (non-hydrogen) atoms. The van der Waals surface area contributed by atoms with E-state index in [0.29, 0.717) is 11.6 Å². The van der Waals surface area contributed by atoms with Crippen molar-refractivity contribution in [3.8, 4) is 11.3 Å². The van der Waals surface area contributed by atoms with E-state index in [0.717, 1.165) is 15.2 Å². The average Bonchev–Trinajstić information content (AvgIpc) is 2.80. The number of halogens is 7. The third-order valence-corrected chi connectivity index (χ3v) is 6.79. The standard InChI is InChI=1S/C24H19F7N2O2/c1-21(2)16-9-5-4-8-15(16)18-12-14(23(25,26)27)13-19(24(28,29)30)33(18)22(21,3)32-11-7-6-10-17(32)20(34)35-31/h4-13H,1-3H3/q+2/t22-/m1/s1. The number of pyridine rings is 2. The summed E-state index contributed by atoms with van der Waals surface area (Å²) >= 11 is 0. The molecule has 2 aromatic heterocycles. The quantitative estimate of drug-likeness (QED) is 0.343. The summed E-state index contributed by atoms with van der Waals surface area (Å²) in [6.07, 6.45) is -9.01. The van der Waals surface area contributed by atoms with Gasteiger partial charge >= 0.3 is 24.0 Å². The van der Waals surface area contributed by atoms with Gasteiger partial charge in [-0.3, -0.25) is 0 Å². The summed E-state index contributed by atoms with van der Waals surface area (Å²) in [6.45, 7) is 4.55. The molecule has 1 aliphatic rings. The van der Waals surface area contributed by atoms with Crippen molar-refractivity contribution >= 4 is 5.97 Å². The largest absolute Gasteiger partial charge is 0.477 e. The van der Waals surface area contributed by atoms with E-state index in [1.165, 1.54) is 37.4 Å². The Labute approximate surface area is 195 Å². The molecule has 0 aliphatic carbocycles. The van der Waals surface area contributed by atoms with Crippen molar-refractivity contribution in [1.29, 1.82) is 0 Å². The van der Waals surface area contributed by atoms with Gasteiger partial charge in [-0.25, -0.2) is 9.74 Å². The van der Waals surface area contributed by atoms with Crippen LogP contribution in [0.15, 0.2) is 60.8 Å². The van der Waals surface area contributed by atoms with E-state index >= 15 is 0 Å². The number of benzene rings is 1. The molecule has 11 heteroatoms. The Bertz CT molecular complexity index is 1330. The molecule has 1 atom stereocenters. The molecule has 184 valence electrons. The number of carbonyl (C=O) groups is 1. The van der Waals surface area contributed by atoms with Crippen LogP contribution in [0, 0.1) is 0 Å². The molecule has 1 aromatic carbocycles. The Morgan fingerprint density at radius 2 is 1.51 bits per heavy atom. The van der Waals surface area contributed by atoms with Crippen molar-refractivity contribution in [2.75, 3.05) is 0 Å². The maximum atomic E-state index is 14.4. The number of nitrogens with zero attached hydrogens (tertiary/aromatic N) is 2. The van der Waals surface area contributed by atoms with Gasteiger partial charge in [-0.05, 0) is 31.5 Å². The van der Waals surface area contributed by atoms with Gasteiger partial charge in [0, 0.05) is 28.8 Å². The number of fused-ring (bicyclic) bond motifs is 3. The van der Waals surface area contributed by atoms with Crippen LogP contribution in [0.2, 0.25) is 0 Å². The van der Waals surface area contributed by atoms with Gasteiger partial charge in [0.1, 0.15) is 5.41 Å². The molecule has 3 aromatic rings. The summed E-state index contributed by atoms with van der Waals surface area (Å²) in [6, 6.07) is 10.8. The number of hydrogen-bond acceptors (Lipinski definition) is 2. The minimum atomic E-state index is -5.21. The van der Waals surface area contributed by atoms with Crippen molar-refractivity contribution in [2.24, 2.45) is 0 Å². The number of carbonyl (C=O) groups excluding carboxylic acids is 1. The van der Waals surface area contributed by atoms with E-state index in [1.54, 1.807) is 26.0 Å².